The fraction of sp³-hybridized carbons (Fsp3) is 0.450. The minimum absolute atomic E-state index is 0.0209. The van der Waals surface area contributed by atoms with Crippen LogP contribution in [0.4, 0.5) is 5.95 Å². The Balaban J connectivity index is 1.35. The van der Waals surface area contributed by atoms with Gasteiger partial charge in [0.15, 0.2) is 5.52 Å². The van der Waals surface area contributed by atoms with Crippen LogP contribution < -0.4 is 10.9 Å². The first-order valence-corrected chi connectivity index (χ1v) is 10.8. The Kier molecular flexibility index (Phi) is 5.18. The minimum atomic E-state index is -0.383. The van der Waals surface area contributed by atoms with E-state index in [-0.39, 0.29) is 17.7 Å². The molecule has 3 aliphatic heterocycles. The Morgan fingerprint density at radius 1 is 1.23 bits per heavy atom. The van der Waals surface area contributed by atoms with E-state index in [0.29, 0.717) is 46.0 Å². The average molecular weight is 449 g/mol. The smallest absolute Gasteiger partial charge is 0.278 e. The van der Waals surface area contributed by atoms with Crippen molar-refractivity contribution in [1.29, 1.82) is 0 Å². The molecule has 5 heterocycles. The lowest BCUT2D eigenvalue weighted by atomic mass is 9.80. The highest BCUT2D eigenvalue weighted by atomic mass is 35.5. The maximum absolute atomic E-state index is 12.8. The monoisotopic (exact) mass is 448 g/mol. The lowest BCUT2D eigenvalue weighted by molar-refractivity contribution is -0.0781. The molecule has 3 N–H and O–H groups in total. The molecule has 0 aliphatic carbocycles. The number of nitrogens with one attached hydrogen (secondary N) is 2. The SMILES string of the molecule is O=c1[nH]c(NCc2ccc(Cl)c(Cl)c2)nc2cnn(CC3C(O)C4CCN3CC4)c12. The highest BCUT2D eigenvalue weighted by Gasteiger charge is 2.41. The van der Waals surface area contributed by atoms with Crippen molar-refractivity contribution in [3.05, 3.63) is 50.4 Å². The average Bonchev–Trinajstić information content (AvgIpc) is 3.15. The van der Waals surface area contributed by atoms with Crippen molar-refractivity contribution >= 4 is 40.2 Å². The van der Waals surface area contributed by atoms with Gasteiger partial charge in [-0.05, 0) is 49.5 Å². The molecule has 6 rings (SSSR count). The summed E-state index contributed by atoms with van der Waals surface area (Å²) in [4.78, 5) is 22.3. The highest BCUT2D eigenvalue weighted by molar-refractivity contribution is 6.42. The second-order valence-electron chi connectivity index (χ2n) is 8.01. The van der Waals surface area contributed by atoms with Gasteiger partial charge in [-0.25, -0.2) is 4.98 Å². The zero-order chi connectivity index (χ0) is 20.8. The Morgan fingerprint density at radius 2 is 2.03 bits per heavy atom. The summed E-state index contributed by atoms with van der Waals surface area (Å²) in [7, 11) is 0. The number of aromatic nitrogens is 4. The summed E-state index contributed by atoms with van der Waals surface area (Å²) in [6, 6.07) is 5.33. The number of aliphatic hydroxyl groups is 1. The Hall–Kier alpha value is -2.13. The molecular formula is C20H22Cl2N6O2. The molecule has 2 aromatic heterocycles. The van der Waals surface area contributed by atoms with Gasteiger partial charge in [-0.15, -0.1) is 0 Å². The van der Waals surface area contributed by atoms with Crippen LogP contribution in [0, 0.1) is 5.92 Å². The molecule has 1 aromatic carbocycles. The van der Waals surface area contributed by atoms with Crippen molar-refractivity contribution in [2.24, 2.45) is 5.92 Å². The molecule has 30 heavy (non-hydrogen) atoms. The van der Waals surface area contributed by atoms with E-state index in [1.165, 1.54) is 0 Å². The quantitative estimate of drug-likeness (QED) is 0.554. The summed E-state index contributed by atoms with van der Waals surface area (Å²) in [6.45, 7) is 2.89. The van der Waals surface area contributed by atoms with Gasteiger partial charge in [0, 0.05) is 6.54 Å². The number of aromatic amines is 1. The van der Waals surface area contributed by atoms with E-state index in [9.17, 15) is 9.90 Å². The molecule has 0 saturated carbocycles. The van der Waals surface area contributed by atoms with Crippen molar-refractivity contribution < 1.29 is 5.11 Å². The summed E-state index contributed by atoms with van der Waals surface area (Å²) in [6.07, 6.45) is 3.28. The molecule has 2 unspecified atom stereocenters. The Morgan fingerprint density at radius 3 is 2.77 bits per heavy atom. The number of hydrogen-bond acceptors (Lipinski definition) is 6. The predicted molar refractivity (Wildman–Crippen MR) is 116 cm³/mol. The summed E-state index contributed by atoms with van der Waals surface area (Å²) < 4.78 is 1.67. The van der Waals surface area contributed by atoms with Gasteiger partial charge < -0.3 is 10.4 Å². The summed E-state index contributed by atoms with van der Waals surface area (Å²) in [5.74, 6) is 0.703. The van der Waals surface area contributed by atoms with Crippen LogP contribution in [0.5, 0.6) is 0 Å². The van der Waals surface area contributed by atoms with E-state index >= 15 is 0 Å². The first-order valence-electron chi connectivity index (χ1n) is 10.1. The molecule has 158 valence electrons. The number of nitrogens with zero attached hydrogens (tertiary/aromatic N) is 4. The maximum atomic E-state index is 12.8. The zero-order valence-corrected chi connectivity index (χ0v) is 17.7. The third-order valence-corrected chi connectivity index (χ3v) is 6.96. The summed E-state index contributed by atoms with van der Waals surface area (Å²) in [5.41, 5.74) is 1.59. The number of hydrogen-bond donors (Lipinski definition) is 3. The minimum Gasteiger partial charge on any atom is -0.391 e. The van der Waals surface area contributed by atoms with Crippen LogP contribution in [0.3, 0.4) is 0 Å². The fourth-order valence-electron chi connectivity index (χ4n) is 4.59. The van der Waals surface area contributed by atoms with Gasteiger partial charge in [0.1, 0.15) is 5.52 Å². The zero-order valence-electron chi connectivity index (χ0n) is 16.2. The van der Waals surface area contributed by atoms with Gasteiger partial charge in [-0.3, -0.25) is 19.4 Å². The second-order valence-corrected chi connectivity index (χ2v) is 8.82. The molecule has 0 amide bonds. The number of benzene rings is 1. The van der Waals surface area contributed by atoms with Crippen molar-refractivity contribution in [3.8, 4) is 0 Å². The molecule has 2 bridgehead atoms. The van der Waals surface area contributed by atoms with Crippen molar-refractivity contribution in [3.63, 3.8) is 0 Å². The molecule has 2 atom stereocenters. The van der Waals surface area contributed by atoms with Crippen LogP contribution in [0.15, 0.2) is 29.2 Å². The van der Waals surface area contributed by atoms with Gasteiger partial charge in [0.2, 0.25) is 5.95 Å². The van der Waals surface area contributed by atoms with Crippen LogP contribution in [0.1, 0.15) is 18.4 Å². The van der Waals surface area contributed by atoms with Crippen molar-refractivity contribution in [1.82, 2.24) is 24.6 Å². The van der Waals surface area contributed by atoms with Crippen molar-refractivity contribution in [2.75, 3.05) is 18.4 Å². The number of piperidine rings is 3. The van der Waals surface area contributed by atoms with Crippen LogP contribution in [-0.4, -0.2) is 55.0 Å². The molecule has 3 aliphatic rings. The van der Waals surface area contributed by atoms with Gasteiger partial charge in [-0.1, -0.05) is 29.3 Å². The lowest BCUT2D eigenvalue weighted by Crippen LogP contribution is -2.59. The topological polar surface area (TPSA) is 99.1 Å². The van der Waals surface area contributed by atoms with Crippen LogP contribution >= 0.6 is 23.2 Å². The van der Waals surface area contributed by atoms with Gasteiger partial charge in [0.05, 0.1) is 34.9 Å². The number of H-pyrrole nitrogens is 1. The molecule has 3 saturated heterocycles. The van der Waals surface area contributed by atoms with Crippen molar-refractivity contribution in [2.45, 2.75) is 38.1 Å². The molecule has 3 aromatic rings. The third-order valence-electron chi connectivity index (χ3n) is 6.22. The normalized spacial score (nSPS) is 25.7. The first kappa shape index (κ1) is 19.8. The molecular weight excluding hydrogens is 427 g/mol. The first-order chi connectivity index (χ1) is 14.5. The Bertz CT molecular complexity index is 1140. The number of aliphatic hydroxyl groups excluding tert-OH is 1. The van der Waals surface area contributed by atoms with E-state index in [0.717, 1.165) is 31.5 Å². The third kappa shape index (κ3) is 3.58. The molecule has 8 nitrogen and oxygen atoms in total. The summed E-state index contributed by atoms with van der Waals surface area (Å²) in [5, 5.41) is 19.1. The molecule has 0 spiro atoms. The number of fused-ring (bicyclic) bond motifs is 4. The standard InChI is InChI=1S/C20H22Cl2N6O2/c21-13-2-1-11(7-14(13)22)8-23-20-25-15-9-24-28(17(15)19(30)26-20)10-16-18(29)12-3-5-27(16)6-4-12/h1-2,7,9,12,16,18,29H,3-6,8,10H2,(H2,23,25,26,30). The molecule has 3 fully saturated rings. The van der Waals surface area contributed by atoms with E-state index < -0.39 is 0 Å². The number of halogens is 2. The van der Waals surface area contributed by atoms with Gasteiger partial charge >= 0.3 is 0 Å². The van der Waals surface area contributed by atoms with Crippen LogP contribution in [0.25, 0.3) is 11.0 Å². The van der Waals surface area contributed by atoms with E-state index in [4.69, 9.17) is 23.2 Å². The van der Waals surface area contributed by atoms with Gasteiger partial charge in [0.25, 0.3) is 5.56 Å². The molecule has 0 radical (unpaired) electrons. The number of rotatable bonds is 5. The largest absolute Gasteiger partial charge is 0.391 e. The highest BCUT2D eigenvalue weighted by Crippen LogP contribution is 2.33. The van der Waals surface area contributed by atoms with E-state index in [2.05, 4.69) is 25.3 Å². The summed E-state index contributed by atoms with van der Waals surface area (Å²) >= 11 is 12.0. The van der Waals surface area contributed by atoms with E-state index in [1.54, 1.807) is 23.0 Å². The maximum Gasteiger partial charge on any atom is 0.278 e. The fourth-order valence-corrected chi connectivity index (χ4v) is 4.91. The van der Waals surface area contributed by atoms with Crippen LogP contribution in [-0.2, 0) is 13.1 Å². The lowest BCUT2D eigenvalue weighted by Gasteiger charge is -2.48. The number of anilines is 1. The second kappa shape index (κ2) is 7.85. The predicted octanol–water partition coefficient (Wildman–Crippen LogP) is 2.49. The van der Waals surface area contributed by atoms with Gasteiger partial charge in [-0.2, -0.15) is 5.10 Å². The Labute approximate surface area is 182 Å². The molecule has 10 heteroatoms. The van der Waals surface area contributed by atoms with Crippen LogP contribution in [0.2, 0.25) is 10.0 Å². The van der Waals surface area contributed by atoms with E-state index in [1.807, 2.05) is 6.07 Å².